The van der Waals surface area contributed by atoms with E-state index < -0.39 is 0 Å². The summed E-state index contributed by atoms with van der Waals surface area (Å²) in [5.41, 5.74) is 0.241. The Labute approximate surface area is 158 Å². The maximum atomic E-state index is 12.0. The van der Waals surface area contributed by atoms with Gasteiger partial charge in [-0.2, -0.15) is 0 Å². The van der Waals surface area contributed by atoms with Crippen molar-refractivity contribution >= 4 is 35.0 Å². The van der Waals surface area contributed by atoms with Crippen molar-refractivity contribution in [2.24, 2.45) is 0 Å². The predicted molar refractivity (Wildman–Crippen MR) is 97.5 cm³/mol. The highest BCUT2D eigenvalue weighted by Crippen LogP contribution is 2.27. The van der Waals surface area contributed by atoms with Gasteiger partial charge in [0.05, 0.1) is 11.4 Å². The number of phenolic OH excluding ortho intramolecular Hbond substituents is 1. The first-order chi connectivity index (χ1) is 12.6. The lowest BCUT2D eigenvalue weighted by Crippen LogP contribution is -2.14. The average Bonchev–Trinajstić information content (AvgIpc) is 3.10. The first-order valence-electron chi connectivity index (χ1n) is 7.51. The van der Waals surface area contributed by atoms with Crippen LogP contribution in [0, 0.1) is 0 Å². The number of para-hydroxylation sites is 1. The number of hydrogen-bond donors (Lipinski definition) is 2. The molecule has 0 radical (unpaired) electrons. The second kappa shape index (κ2) is 8.59. The van der Waals surface area contributed by atoms with E-state index in [4.69, 9.17) is 20.8 Å². The molecule has 1 aromatic heterocycles. The van der Waals surface area contributed by atoms with Gasteiger partial charge in [-0.15, -0.1) is 10.2 Å². The number of halogens is 1. The van der Waals surface area contributed by atoms with Gasteiger partial charge in [-0.1, -0.05) is 41.6 Å². The van der Waals surface area contributed by atoms with Crippen LogP contribution >= 0.6 is 23.4 Å². The van der Waals surface area contributed by atoms with E-state index in [-0.39, 0.29) is 34.9 Å². The number of carbonyl (C=O) groups is 1. The first-order valence-corrected chi connectivity index (χ1v) is 8.88. The van der Waals surface area contributed by atoms with Gasteiger partial charge >= 0.3 is 0 Å². The van der Waals surface area contributed by atoms with E-state index in [2.05, 4.69) is 15.5 Å². The van der Waals surface area contributed by atoms with Crippen LogP contribution in [0.25, 0.3) is 0 Å². The van der Waals surface area contributed by atoms with E-state index in [1.165, 1.54) is 18.2 Å². The molecule has 0 aliphatic rings. The quantitative estimate of drug-likeness (QED) is 0.467. The molecule has 1 heterocycles. The Morgan fingerprint density at radius 2 is 2.04 bits per heavy atom. The fourth-order valence-corrected chi connectivity index (χ4v) is 2.69. The number of phenols is 1. The van der Waals surface area contributed by atoms with Crippen molar-refractivity contribution in [2.45, 2.75) is 11.8 Å². The number of rotatable bonds is 7. The molecule has 0 aliphatic carbocycles. The Balaban J connectivity index is 1.48. The summed E-state index contributed by atoms with van der Waals surface area (Å²) in [7, 11) is 0. The summed E-state index contributed by atoms with van der Waals surface area (Å²) in [5.74, 6) is 0.635. The number of anilines is 1. The number of nitrogens with one attached hydrogen (secondary N) is 1. The van der Waals surface area contributed by atoms with Crippen molar-refractivity contribution in [1.29, 1.82) is 0 Å². The van der Waals surface area contributed by atoms with Crippen LogP contribution in [0.3, 0.4) is 0 Å². The largest absolute Gasteiger partial charge is 0.506 e. The van der Waals surface area contributed by atoms with Crippen LogP contribution in [0.2, 0.25) is 5.02 Å². The Kier molecular flexibility index (Phi) is 5.98. The Bertz CT molecular complexity index is 889. The molecule has 2 N–H and O–H groups in total. The van der Waals surface area contributed by atoms with Crippen molar-refractivity contribution in [3.05, 3.63) is 59.4 Å². The molecule has 0 unspecified atom stereocenters. The van der Waals surface area contributed by atoms with E-state index in [0.29, 0.717) is 16.7 Å². The molecule has 26 heavy (non-hydrogen) atoms. The third kappa shape index (κ3) is 5.14. The number of benzene rings is 2. The van der Waals surface area contributed by atoms with Gasteiger partial charge in [0.15, 0.2) is 6.61 Å². The molecule has 3 rings (SSSR count). The highest BCUT2D eigenvalue weighted by Gasteiger charge is 2.12. The molecular weight excluding hydrogens is 378 g/mol. The number of amides is 1. The molecule has 0 spiro atoms. The van der Waals surface area contributed by atoms with Crippen molar-refractivity contribution < 1.29 is 19.1 Å². The van der Waals surface area contributed by atoms with Crippen LogP contribution in [-0.4, -0.2) is 27.0 Å². The highest BCUT2D eigenvalue weighted by atomic mass is 35.5. The number of thioether (sulfide) groups is 1. The lowest BCUT2D eigenvalue weighted by molar-refractivity contribution is -0.113. The number of ether oxygens (including phenoxy) is 1. The predicted octanol–water partition coefficient (Wildman–Crippen LogP) is 3.74. The summed E-state index contributed by atoms with van der Waals surface area (Å²) in [6.45, 7) is 0.139. The second-order valence-corrected chi connectivity index (χ2v) is 6.42. The number of carbonyl (C=O) groups excluding carboxylic acids is 1. The smallest absolute Gasteiger partial charge is 0.277 e. The van der Waals surface area contributed by atoms with Gasteiger partial charge in [0.2, 0.25) is 5.91 Å². The molecule has 2 aromatic carbocycles. The van der Waals surface area contributed by atoms with E-state index >= 15 is 0 Å². The van der Waals surface area contributed by atoms with Crippen molar-refractivity contribution in [2.75, 3.05) is 11.1 Å². The minimum atomic E-state index is -0.340. The fraction of sp³-hybridized carbons (Fsp3) is 0.118. The summed E-state index contributed by atoms with van der Waals surface area (Å²) in [4.78, 5) is 12.0. The maximum absolute atomic E-state index is 12.0. The molecule has 9 heteroatoms. The second-order valence-electron chi connectivity index (χ2n) is 5.06. The average molecular weight is 392 g/mol. The molecular formula is C17H14ClN3O4S. The van der Waals surface area contributed by atoms with Crippen LogP contribution in [0.15, 0.2) is 58.2 Å². The van der Waals surface area contributed by atoms with Gasteiger partial charge in [0, 0.05) is 5.02 Å². The number of nitrogens with zero attached hydrogens (tertiary/aromatic N) is 2. The molecule has 134 valence electrons. The van der Waals surface area contributed by atoms with E-state index in [0.717, 1.165) is 11.8 Å². The van der Waals surface area contributed by atoms with Crippen molar-refractivity contribution in [3.63, 3.8) is 0 Å². The van der Waals surface area contributed by atoms with Gasteiger partial charge in [-0.3, -0.25) is 4.79 Å². The zero-order chi connectivity index (χ0) is 18.4. The summed E-state index contributed by atoms with van der Waals surface area (Å²) in [5, 5.41) is 20.6. The fourth-order valence-electron chi connectivity index (χ4n) is 1.94. The monoisotopic (exact) mass is 391 g/mol. The Morgan fingerprint density at radius 3 is 2.85 bits per heavy atom. The molecule has 7 nitrogen and oxygen atoms in total. The SMILES string of the molecule is O=C(CSc1nnc(COc2ccccc2)o1)Nc1cc(Cl)ccc1O. The molecule has 0 saturated heterocycles. The van der Waals surface area contributed by atoms with Gasteiger partial charge in [-0.05, 0) is 30.3 Å². The van der Waals surface area contributed by atoms with Gasteiger partial charge in [0.1, 0.15) is 11.5 Å². The number of aromatic nitrogens is 2. The van der Waals surface area contributed by atoms with Crippen LogP contribution in [-0.2, 0) is 11.4 Å². The van der Waals surface area contributed by atoms with Crippen LogP contribution in [0.5, 0.6) is 11.5 Å². The minimum Gasteiger partial charge on any atom is -0.506 e. The van der Waals surface area contributed by atoms with E-state index in [1.807, 2.05) is 30.3 Å². The van der Waals surface area contributed by atoms with Gasteiger partial charge in [0.25, 0.3) is 11.1 Å². The molecule has 0 bridgehead atoms. The summed E-state index contributed by atoms with van der Waals surface area (Å²) in [6.07, 6.45) is 0. The van der Waals surface area contributed by atoms with Gasteiger partial charge < -0.3 is 19.6 Å². The van der Waals surface area contributed by atoms with Crippen molar-refractivity contribution in [1.82, 2.24) is 10.2 Å². The molecule has 0 atom stereocenters. The Morgan fingerprint density at radius 1 is 1.23 bits per heavy atom. The topological polar surface area (TPSA) is 97.5 Å². The lowest BCUT2D eigenvalue weighted by Gasteiger charge is -2.06. The zero-order valence-electron chi connectivity index (χ0n) is 13.4. The third-order valence-electron chi connectivity index (χ3n) is 3.11. The molecule has 3 aromatic rings. The molecule has 0 saturated carbocycles. The molecule has 0 aliphatic heterocycles. The van der Waals surface area contributed by atoms with Crippen LogP contribution in [0.1, 0.15) is 5.89 Å². The third-order valence-corrected chi connectivity index (χ3v) is 4.17. The van der Waals surface area contributed by atoms with Crippen LogP contribution < -0.4 is 10.1 Å². The van der Waals surface area contributed by atoms with Crippen LogP contribution in [0.4, 0.5) is 5.69 Å². The summed E-state index contributed by atoms with van der Waals surface area (Å²) in [6, 6.07) is 13.7. The highest BCUT2D eigenvalue weighted by molar-refractivity contribution is 7.99. The number of aromatic hydroxyl groups is 1. The van der Waals surface area contributed by atoms with E-state index in [1.54, 1.807) is 0 Å². The normalized spacial score (nSPS) is 10.5. The molecule has 1 amide bonds. The molecule has 0 fully saturated rings. The van der Waals surface area contributed by atoms with E-state index in [9.17, 15) is 9.90 Å². The lowest BCUT2D eigenvalue weighted by atomic mass is 10.3. The first kappa shape index (κ1) is 18.1. The van der Waals surface area contributed by atoms with Crippen molar-refractivity contribution in [3.8, 4) is 11.5 Å². The zero-order valence-corrected chi connectivity index (χ0v) is 15.0. The van der Waals surface area contributed by atoms with Gasteiger partial charge in [-0.25, -0.2) is 0 Å². The minimum absolute atomic E-state index is 0.0349. The summed E-state index contributed by atoms with van der Waals surface area (Å²) < 4.78 is 10.9. The standard InChI is InChI=1S/C17H14ClN3O4S/c18-11-6-7-14(22)13(8-11)19-15(23)10-26-17-21-20-16(25-17)9-24-12-4-2-1-3-5-12/h1-8,22H,9-10H2,(H,19,23). The summed E-state index contributed by atoms with van der Waals surface area (Å²) >= 11 is 6.92. The number of hydrogen-bond acceptors (Lipinski definition) is 7. The maximum Gasteiger partial charge on any atom is 0.277 e. The Hall–Kier alpha value is -2.71.